The summed E-state index contributed by atoms with van der Waals surface area (Å²) in [6.45, 7) is 2.76. The van der Waals surface area contributed by atoms with Crippen molar-refractivity contribution in [1.29, 1.82) is 0 Å². The number of hydrogen-bond acceptors (Lipinski definition) is 3. The van der Waals surface area contributed by atoms with Crippen LogP contribution in [0.5, 0.6) is 11.5 Å². The molecule has 0 saturated heterocycles. The van der Waals surface area contributed by atoms with Crippen LogP contribution in [-0.4, -0.2) is 31.8 Å². The molecule has 0 spiro atoms. The monoisotopic (exact) mass is 458 g/mol. The Morgan fingerprint density at radius 1 is 1.24 bits per heavy atom. The Morgan fingerprint density at radius 2 is 2.00 bits per heavy atom. The number of ether oxygens (including phenoxy) is 2. The fraction of sp³-hybridized carbons (Fsp3) is 0.389. The minimum atomic E-state index is 0. The number of methoxy groups -OCH3 is 2. The van der Waals surface area contributed by atoms with E-state index < -0.39 is 0 Å². The molecule has 0 aliphatic heterocycles. The predicted molar refractivity (Wildman–Crippen MR) is 112 cm³/mol. The molecule has 7 heteroatoms. The molecule has 0 saturated carbocycles. The van der Waals surface area contributed by atoms with E-state index in [9.17, 15) is 0 Å². The first-order chi connectivity index (χ1) is 11.6. The van der Waals surface area contributed by atoms with Crippen LogP contribution in [0.1, 0.15) is 24.2 Å². The van der Waals surface area contributed by atoms with Gasteiger partial charge in [-0.25, -0.2) is 0 Å². The number of benzene rings is 1. The Kier molecular flexibility index (Phi) is 8.60. The summed E-state index contributed by atoms with van der Waals surface area (Å²) in [5.74, 6) is 2.34. The number of hydrogen-bond donors (Lipinski definition) is 2. The molecule has 25 heavy (non-hydrogen) atoms. The summed E-state index contributed by atoms with van der Waals surface area (Å²) in [6.07, 6.45) is 2.02. The standard InChI is InChI=1S/C18H26N4O2.HI/c1-13(16-11-15(23-4)8-9-17(16)24-5)21-18(19-2)20-12-14-7-6-10-22(14)3;/h6-11,13H,12H2,1-5H3,(H2,19,20,21);1H. The Labute approximate surface area is 166 Å². The van der Waals surface area contributed by atoms with Crippen molar-refractivity contribution < 1.29 is 9.47 Å². The molecule has 1 atom stereocenters. The lowest BCUT2D eigenvalue weighted by molar-refractivity contribution is 0.394. The van der Waals surface area contributed by atoms with Crippen LogP contribution < -0.4 is 20.1 Å². The zero-order valence-corrected chi connectivity index (χ0v) is 17.7. The minimum absolute atomic E-state index is 0. The highest BCUT2D eigenvalue weighted by molar-refractivity contribution is 14.0. The lowest BCUT2D eigenvalue weighted by atomic mass is 10.1. The molecule has 1 unspecified atom stereocenters. The molecule has 1 heterocycles. The molecule has 0 amide bonds. The van der Waals surface area contributed by atoms with Gasteiger partial charge in [-0.2, -0.15) is 0 Å². The van der Waals surface area contributed by atoms with E-state index in [1.54, 1.807) is 21.3 Å². The van der Waals surface area contributed by atoms with E-state index in [1.807, 2.05) is 37.5 Å². The van der Waals surface area contributed by atoms with Gasteiger partial charge in [-0.1, -0.05) is 0 Å². The van der Waals surface area contributed by atoms with Crippen LogP contribution in [0, 0.1) is 0 Å². The van der Waals surface area contributed by atoms with Gasteiger partial charge in [-0.05, 0) is 37.3 Å². The van der Waals surface area contributed by atoms with Gasteiger partial charge in [-0.3, -0.25) is 4.99 Å². The van der Waals surface area contributed by atoms with Crippen molar-refractivity contribution in [2.75, 3.05) is 21.3 Å². The van der Waals surface area contributed by atoms with Crippen LogP contribution in [0.15, 0.2) is 41.5 Å². The zero-order valence-electron chi connectivity index (χ0n) is 15.4. The van der Waals surface area contributed by atoms with Crippen molar-refractivity contribution in [3.8, 4) is 11.5 Å². The Hall–Kier alpha value is -1.90. The van der Waals surface area contributed by atoms with Gasteiger partial charge in [0.15, 0.2) is 5.96 Å². The van der Waals surface area contributed by atoms with E-state index in [4.69, 9.17) is 9.47 Å². The number of aryl methyl sites for hydroxylation is 1. The maximum Gasteiger partial charge on any atom is 0.191 e. The topological polar surface area (TPSA) is 59.8 Å². The van der Waals surface area contributed by atoms with Gasteiger partial charge in [0.1, 0.15) is 11.5 Å². The molecule has 1 aromatic heterocycles. The van der Waals surface area contributed by atoms with Gasteiger partial charge in [0.2, 0.25) is 0 Å². The lowest BCUT2D eigenvalue weighted by Gasteiger charge is -2.21. The quantitative estimate of drug-likeness (QED) is 0.397. The summed E-state index contributed by atoms with van der Waals surface area (Å²) in [6, 6.07) is 9.88. The molecular formula is C18H27IN4O2. The van der Waals surface area contributed by atoms with E-state index in [-0.39, 0.29) is 30.0 Å². The first kappa shape index (κ1) is 21.1. The Morgan fingerprint density at radius 3 is 2.56 bits per heavy atom. The molecule has 0 bridgehead atoms. The van der Waals surface area contributed by atoms with Crippen LogP contribution in [0.4, 0.5) is 0 Å². The summed E-state index contributed by atoms with van der Waals surface area (Å²) >= 11 is 0. The molecule has 2 rings (SSSR count). The fourth-order valence-electron chi connectivity index (χ4n) is 2.51. The minimum Gasteiger partial charge on any atom is -0.497 e. The van der Waals surface area contributed by atoms with Crippen molar-refractivity contribution in [2.24, 2.45) is 12.0 Å². The predicted octanol–water partition coefficient (Wildman–Crippen LogP) is 3.09. The fourth-order valence-corrected chi connectivity index (χ4v) is 2.51. The second kappa shape index (κ2) is 10.2. The maximum absolute atomic E-state index is 5.46. The van der Waals surface area contributed by atoms with Crippen LogP contribution >= 0.6 is 24.0 Å². The zero-order chi connectivity index (χ0) is 17.5. The first-order valence-electron chi connectivity index (χ1n) is 7.88. The molecule has 0 aliphatic rings. The summed E-state index contributed by atoms with van der Waals surface area (Å²) in [7, 11) is 7.11. The number of halogens is 1. The Bertz CT molecular complexity index is 700. The summed E-state index contributed by atoms with van der Waals surface area (Å²) in [5, 5.41) is 6.71. The summed E-state index contributed by atoms with van der Waals surface area (Å²) in [5.41, 5.74) is 2.20. The highest BCUT2D eigenvalue weighted by atomic mass is 127. The second-order valence-corrected chi connectivity index (χ2v) is 5.51. The normalized spacial score (nSPS) is 12.1. The highest BCUT2D eigenvalue weighted by Crippen LogP contribution is 2.29. The van der Waals surface area contributed by atoms with Crippen molar-refractivity contribution in [2.45, 2.75) is 19.5 Å². The average molecular weight is 458 g/mol. The van der Waals surface area contributed by atoms with Crippen molar-refractivity contribution >= 4 is 29.9 Å². The van der Waals surface area contributed by atoms with E-state index >= 15 is 0 Å². The number of nitrogens with one attached hydrogen (secondary N) is 2. The second-order valence-electron chi connectivity index (χ2n) is 5.51. The van der Waals surface area contributed by atoms with Gasteiger partial charge in [0.25, 0.3) is 0 Å². The van der Waals surface area contributed by atoms with Crippen LogP contribution in [0.25, 0.3) is 0 Å². The van der Waals surface area contributed by atoms with E-state index in [2.05, 4.69) is 33.2 Å². The van der Waals surface area contributed by atoms with Crippen molar-refractivity contribution in [1.82, 2.24) is 15.2 Å². The average Bonchev–Trinajstić information content (AvgIpc) is 3.02. The van der Waals surface area contributed by atoms with Crippen LogP contribution in [-0.2, 0) is 13.6 Å². The molecular weight excluding hydrogens is 431 g/mol. The molecule has 2 aromatic rings. The number of rotatable bonds is 6. The molecule has 0 radical (unpaired) electrons. The molecule has 1 aromatic carbocycles. The van der Waals surface area contributed by atoms with Crippen LogP contribution in [0.2, 0.25) is 0 Å². The summed E-state index contributed by atoms with van der Waals surface area (Å²) < 4.78 is 12.8. The lowest BCUT2D eigenvalue weighted by Crippen LogP contribution is -2.38. The molecule has 2 N–H and O–H groups in total. The van der Waals surface area contributed by atoms with E-state index in [1.165, 1.54) is 5.69 Å². The first-order valence-corrected chi connectivity index (χ1v) is 7.88. The smallest absolute Gasteiger partial charge is 0.191 e. The molecule has 6 nitrogen and oxygen atoms in total. The third kappa shape index (κ3) is 5.55. The molecule has 0 aliphatic carbocycles. The molecule has 138 valence electrons. The van der Waals surface area contributed by atoms with Gasteiger partial charge in [0, 0.05) is 31.5 Å². The van der Waals surface area contributed by atoms with Crippen molar-refractivity contribution in [3.05, 3.63) is 47.8 Å². The van der Waals surface area contributed by atoms with Gasteiger partial charge in [0.05, 0.1) is 26.8 Å². The van der Waals surface area contributed by atoms with Gasteiger partial charge >= 0.3 is 0 Å². The summed E-state index contributed by atoms with van der Waals surface area (Å²) in [4.78, 5) is 4.29. The van der Waals surface area contributed by atoms with Gasteiger partial charge in [-0.15, -0.1) is 24.0 Å². The third-order valence-electron chi connectivity index (χ3n) is 3.97. The van der Waals surface area contributed by atoms with Gasteiger partial charge < -0.3 is 24.7 Å². The Balaban J connectivity index is 0.00000312. The maximum atomic E-state index is 5.46. The SMILES string of the molecule is CN=C(NCc1cccn1C)NC(C)c1cc(OC)ccc1OC.I. The highest BCUT2D eigenvalue weighted by Gasteiger charge is 2.14. The van der Waals surface area contributed by atoms with Crippen molar-refractivity contribution in [3.63, 3.8) is 0 Å². The largest absolute Gasteiger partial charge is 0.497 e. The number of nitrogens with zero attached hydrogens (tertiary/aromatic N) is 2. The number of guanidine groups is 1. The van der Waals surface area contributed by atoms with E-state index in [0.29, 0.717) is 6.54 Å². The number of aliphatic imine (C=N–C) groups is 1. The van der Waals surface area contributed by atoms with Crippen LogP contribution in [0.3, 0.4) is 0 Å². The molecule has 0 fully saturated rings. The number of aromatic nitrogens is 1. The third-order valence-corrected chi connectivity index (χ3v) is 3.97. The van der Waals surface area contributed by atoms with E-state index in [0.717, 1.165) is 23.0 Å².